The molecule has 2 heteroatoms. The molecule has 0 N–H and O–H groups in total. The van der Waals surface area contributed by atoms with Crippen LogP contribution in [0.1, 0.15) is 32.1 Å². The van der Waals surface area contributed by atoms with Crippen molar-refractivity contribution in [2.45, 2.75) is 50.5 Å². The monoisotopic (exact) mass is 170 g/mol. The summed E-state index contributed by atoms with van der Waals surface area (Å²) in [5.41, 5.74) is 0.776. The number of hydrogen-bond donors (Lipinski definition) is 0. The maximum atomic E-state index is 5.67. The molecule has 0 spiro atoms. The molecule has 2 fully saturated rings. The molecule has 0 aromatic rings. The van der Waals surface area contributed by atoms with Crippen LogP contribution in [0.15, 0.2) is 0 Å². The number of epoxide rings is 1. The van der Waals surface area contributed by atoms with Crippen molar-refractivity contribution < 1.29 is 4.74 Å². The Balaban J connectivity index is 1.77. The predicted molar refractivity (Wildman–Crippen MR) is 49.6 cm³/mol. The third kappa shape index (κ3) is 1.67. The fourth-order valence-electron chi connectivity index (χ4n) is 2.36. The van der Waals surface area contributed by atoms with Crippen molar-refractivity contribution in [3.63, 3.8) is 0 Å². The summed E-state index contributed by atoms with van der Waals surface area (Å²) >= 11 is 0. The van der Waals surface area contributed by atoms with Crippen LogP contribution in [0, 0.1) is 5.92 Å². The standard InChI is InChI=1S/C9H18OSi/c1-11-9-8(10-9)7-5-3-2-4-6-7/h7-9H,2-6,11H2,1H3. The van der Waals surface area contributed by atoms with Gasteiger partial charge in [-0.15, -0.1) is 0 Å². The molecule has 2 unspecified atom stereocenters. The van der Waals surface area contributed by atoms with Crippen molar-refractivity contribution in [2.24, 2.45) is 5.92 Å². The zero-order chi connectivity index (χ0) is 7.68. The molecule has 1 saturated heterocycles. The van der Waals surface area contributed by atoms with Gasteiger partial charge in [0.25, 0.3) is 0 Å². The average Bonchev–Trinajstić information content (AvgIpc) is 2.85. The number of rotatable bonds is 2. The normalized spacial score (nSPS) is 40.1. The lowest BCUT2D eigenvalue weighted by Gasteiger charge is -2.19. The molecule has 1 heterocycles. The molecule has 0 amide bonds. The molecule has 2 rings (SSSR count). The first-order chi connectivity index (χ1) is 5.42. The highest BCUT2D eigenvalue weighted by Crippen LogP contribution is 2.37. The first-order valence-corrected chi connectivity index (χ1v) is 7.30. The van der Waals surface area contributed by atoms with Gasteiger partial charge in [-0.25, -0.2) is 0 Å². The molecule has 1 aliphatic heterocycles. The highest BCUT2D eigenvalue weighted by molar-refractivity contribution is 6.36. The zero-order valence-corrected chi connectivity index (χ0v) is 8.80. The largest absolute Gasteiger partial charge is 0.374 e. The Labute approximate surface area is 71.3 Å². The van der Waals surface area contributed by atoms with Gasteiger partial charge in [0.15, 0.2) is 0 Å². The third-order valence-corrected chi connectivity index (χ3v) is 4.60. The van der Waals surface area contributed by atoms with E-state index in [4.69, 9.17) is 4.74 Å². The second-order valence-corrected chi connectivity index (χ2v) is 5.57. The van der Waals surface area contributed by atoms with Crippen molar-refractivity contribution >= 4 is 9.52 Å². The Kier molecular flexibility index (Phi) is 2.32. The second kappa shape index (κ2) is 3.28. The zero-order valence-electron chi connectivity index (χ0n) is 7.38. The summed E-state index contributed by atoms with van der Waals surface area (Å²) in [6, 6.07) is 0. The quantitative estimate of drug-likeness (QED) is 0.452. The van der Waals surface area contributed by atoms with Crippen LogP contribution >= 0.6 is 0 Å². The molecule has 2 aliphatic rings. The molecule has 0 aromatic carbocycles. The van der Waals surface area contributed by atoms with Crippen LogP contribution in [0.2, 0.25) is 6.55 Å². The van der Waals surface area contributed by atoms with Crippen LogP contribution in [-0.4, -0.2) is 21.4 Å². The van der Waals surface area contributed by atoms with Crippen LogP contribution in [0.4, 0.5) is 0 Å². The lowest BCUT2D eigenvalue weighted by atomic mass is 9.87. The molecular formula is C9H18OSi. The van der Waals surface area contributed by atoms with Crippen LogP contribution in [0.5, 0.6) is 0 Å². The number of hydrogen-bond acceptors (Lipinski definition) is 1. The average molecular weight is 170 g/mol. The summed E-state index contributed by atoms with van der Waals surface area (Å²) in [4.78, 5) is 0. The van der Waals surface area contributed by atoms with Crippen molar-refractivity contribution in [3.05, 3.63) is 0 Å². The Morgan fingerprint density at radius 2 is 1.91 bits per heavy atom. The first-order valence-electron chi connectivity index (χ1n) is 5.07. The van der Waals surface area contributed by atoms with Gasteiger partial charge >= 0.3 is 0 Å². The van der Waals surface area contributed by atoms with E-state index in [0.29, 0.717) is 0 Å². The summed E-state index contributed by atoms with van der Waals surface area (Å²) in [5, 5.41) is 0. The minimum absolute atomic E-state index is 0.145. The molecule has 0 bridgehead atoms. The van der Waals surface area contributed by atoms with E-state index in [-0.39, 0.29) is 9.52 Å². The summed E-state index contributed by atoms with van der Waals surface area (Å²) in [5.74, 6) is 0.959. The molecule has 11 heavy (non-hydrogen) atoms. The smallest absolute Gasteiger partial charge is 0.0828 e. The van der Waals surface area contributed by atoms with Crippen molar-refractivity contribution in [2.75, 3.05) is 0 Å². The van der Waals surface area contributed by atoms with E-state index in [0.717, 1.165) is 17.7 Å². The van der Waals surface area contributed by atoms with Crippen molar-refractivity contribution in [1.29, 1.82) is 0 Å². The van der Waals surface area contributed by atoms with E-state index < -0.39 is 0 Å². The summed E-state index contributed by atoms with van der Waals surface area (Å²) in [7, 11) is 0.145. The summed E-state index contributed by atoms with van der Waals surface area (Å²) < 4.78 is 5.67. The summed E-state index contributed by atoms with van der Waals surface area (Å²) in [6.45, 7) is 2.37. The fourth-order valence-corrected chi connectivity index (χ4v) is 3.63. The topological polar surface area (TPSA) is 12.5 Å². The molecule has 64 valence electrons. The first kappa shape index (κ1) is 7.81. The van der Waals surface area contributed by atoms with E-state index in [1.807, 2.05) is 0 Å². The maximum Gasteiger partial charge on any atom is 0.0828 e. The van der Waals surface area contributed by atoms with Gasteiger partial charge in [-0.05, 0) is 18.8 Å². The van der Waals surface area contributed by atoms with Gasteiger partial charge in [0.2, 0.25) is 0 Å². The Morgan fingerprint density at radius 3 is 2.45 bits per heavy atom. The van der Waals surface area contributed by atoms with Gasteiger partial charge < -0.3 is 4.74 Å². The van der Waals surface area contributed by atoms with Gasteiger partial charge in [-0.2, -0.15) is 0 Å². The highest BCUT2D eigenvalue weighted by Gasteiger charge is 2.42. The predicted octanol–water partition coefficient (Wildman–Crippen LogP) is 1.51. The third-order valence-electron chi connectivity index (χ3n) is 3.14. The highest BCUT2D eigenvalue weighted by atomic mass is 28.2. The Morgan fingerprint density at radius 1 is 1.18 bits per heavy atom. The van der Waals surface area contributed by atoms with E-state index in [9.17, 15) is 0 Å². The molecular weight excluding hydrogens is 152 g/mol. The van der Waals surface area contributed by atoms with Crippen molar-refractivity contribution in [1.82, 2.24) is 0 Å². The van der Waals surface area contributed by atoms with Crippen LogP contribution in [0.3, 0.4) is 0 Å². The maximum absolute atomic E-state index is 5.67. The minimum atomic E-state index is 0.145. The molecule has 1 nitrogen and oxygen atoms in total. The molecule has 0 aromatic heterocycles. The molecule has 2 atom stereocenters. The van der Waals surface area contributed by atoms with E-state index in [2.05, 4.69) is 6.55 Å². The van der Waals surface area contributed by atoms with Gasteiger partial charge in [0, 0.05) is 0 Å². The molecule has 1 aliphatic carbocycles. The second-order valence-electron chi connectivity index (χ2n) is 3.95. The lowest BCUT2D eigenvalue weighted by molar-refractivity contribution is 0.265. The number of ether oxygens (including phenoxy) is 1. The molecule has 0 radical (unpaired) electrons. The van der Waals surface area contributed by atoms with Crippen molar-refractivity contribution in [3.8, 4) is 0 Å². The van der Waals surface area contributed by atoms with Gasteiger partial charge in [0.05, 0.1) is 21.4 Å². The van der Waals surface area contributed by atoms with E-state index in [1.54, 1.807) is 0 Å². The van der Waals surface area contributed by atoms with Crippen LogP contribution in [0.25, 0.3) is 0 Å². The summed E-state index contributed by atoms with van der Waals surface area (Å²) in [6.07, 6.45) is 8.03. The van der Waals surface area contributed by atoms with E-state index >= 15 is 0 Å². The van der Waals surface area contributed by atoms with Crippen LogP contribution < -0.4 is 0 Å². The van der Waals surface area contributed by atoms with Gasteiger partial charge in [0.1, 0.15) is 0 Å². The Bertz CT molecular complexity index is 132. The molecule has 1 saturated carbocycles. The SMILES string of the molecule is C[SiH2]C1OC1C1CCCCC1. The minimum Gasteiger partial charge on any atom is -0.374 e. The Hall–Kier alpha value is 0.177. The van der Waals surface area contributed by atoms with E-state index in [1.165, 1.54) is 32.1 Å². The fraction of sp³-hybridized carbons (Fsp3) is 1.00. The van der Waals surface area contributed by atoms with Crippen LogP contribution in [-0.2, 0) is 4.74 Å². The van der Waals surface area contributed by atoms with Gasteiger partial charge in [-0.1, -0.05) is 25.8 Å². The van der Waals surface area contributed by atoms with Gasteiger partial charge in [-0.3, -0.25) is 0 Å². The lowest BCUT2D eigenvalue weighted by Crippen LogP contribution is -2.16.